The Labute approximate surface area is 193 Å². The Morgan fingerprint density at radius 3 is 2.66 bits per heavy atom. The number of hydrogen-bond donors (Lipinski definition) is 1. The Bertz CT molecular complexity index is 1050. The highest BCUT2D eigenvalue weighted by molar-refractivity contribution is 7.17. The molecular weight excluding hydrogens is 426 g/mol. The number of carboxylic acid groups (broad SMARTS) is 1. The van der Waals surface area contributed by atoms with E-state index in [4.69, 9.17) is 15.6 Å². The number of furan rings is 1. The van der Waals surface area contributed by atoms with Crippen molar-refractivity contribution >= 4 is 23.2 Å². The van der Waals surface area contributed by atoms with Crippen molar-refractivity contribution in [1.29, 1.82) is 0 Å². The Morgan fingerprint density at radius 2 is 1.94 bits per heavy atom. The van der Waals surface area contributed by atoms with Gasteiger partial charge in [-0.3, -0.25) is 9.59 Å². The van der Waals surface area contributed by atoms with Crippen LogP contribution in [0, 0.1) is 0 Å². The highest BCUT2D eigenvalue weighted by Crippen LogP contribution is 2.30. The van der Waals surface area contributed by atoms with Gasteiger partial charge in [-0.1, -0.05) is 18.2 Å². The van der Waals surface area contributed by atoms with Gasteiger partial charge in [0.25, 0.3) is 5.91 Å². The molecule has 32 heavy (non-hydrogen) atoms. The average molecular weight is 457 g/mol. The summed E-state index contributed by atoms with van der Waals surface area (Å²) in [6, 6.07) is 13.6. The normalized spacial score (nSPS) is 11.8. The number of carbonyl (C=O) groups is 2. The maximum absolute atomic E-state index is 13.4. The number of thiophene rings is 1. The Morgan fingerprint density at radius 1 is 1.12 bits per heavy atom. The molecular formula is C25H29NO5S. The van der Waals surface area contributed by atoms with Crippen LogP contribution in [-0.4, -0.2) is 34.5 Å². The summed E-state index contributed by atoms with van der Waals surface area (Å²) >= 11 is 1.34. The van der Waals surface area contributed by atoms with E-state index in [0.29, 0.717) is 29.4 Å². The topological polar surface area (TPSA) is 80.0 Å². The molecule has 1 N–H and O–H groups in total. The van der Waals surface area contributed by atoms with Gasteiger partial charge >= 0.3 is 5.97 Å². The van der Waals surface area contributed by atoms with Gasteiger partial charge in [0, 0.05) is 24.5 Å². The van der Waals surface area contributed by atoms with Crippen molar-refractivity contribution in [2.24, 2.45) is 0 Å². The van der Waals surface area contributed by atoms with Crippen molar-refractivity contribution in [3.8, 4) is 16.4 Å². The number of benzene rings is 1. The molecule has 2 heterocycles. The predicted molar refractivity (Wildman–Crippen MR) is 125 cm³/mol. The second kappa shape index (κ2) is 11.5. The molecule has 0 bridgehead atoms. The van der Waals surface area contributed by atoms with Gasteiger partial charge in [0.1, 0.15) is 11.5 Å². The highest BCUT2D eigenvalue weighted by atomic mass is 32.1. The molecule has 0 saturated heterocycles. The number of ether oxygens (including phenoxy) is 1. The SMILES string of the molecule is [2H]C(C)(C)N(Cc1ccccc1OCCCCCC(=O)O)C(=O)c1ccc(-c2ccco2)s1. The third-order valence-corrected chi connectivity index (χ3v) is 6.05. The zero-order valence-corrected chi connectivity index (χ0v) is 19.2. The van der Waals surface area contributed by atoms with Crippen LogP contribution in [0.25, 0.3) is 10.6 Å². The van der Waals surface area contributed by atoms with Gasteiger partial charge in [-0.05, 0) is 63.4 Å². The first-order valence-corrected chi connectivity index (χ1v) is 11.5. The summed E-state index contributed by atoms with van der Waals surface area (Å²) in [6.07, 6.45) is 3.90. The fourth-order valence-electron chi connectivity index (χ4n) is 3.25. The number of unbranched alkanes of at least 4 members (excludes halogenated alkanes) is 2. The quantitative estimate of drug-likeness (QED) is 0.334. The summed E-state index contributed by atoms with van der Waals surface area (Å²) in [5.41, 5.74) is 0.819. The van der Waals surface area contributed by atoms with Gasteiger partial charge < -0.3 is 19.2 Å². The summed E-state index contributed by atoms with van der Waals surface area (Å²) in [4.78, 5) is 26.9. The molecule has 7 heteroatoms. The van der Waals surface area contributed by atoms with Gasteiger partial charge in [-0.2, -0.15) is 0 Å². The van der Waals surface area contributed by atoms with E-state index >= 15 is 0 Å². The van der Waals surface area contributed by atoms with E-state index in [1.807, 2.05) is 36.4 Å². The Balaban J connectivity index is 1.70. The minimum Gasteiger partial charge on any atom is -0.493 e. The minimum atomic E-state index is -1.14. The summed E-state index contributed by atoms with van der Waals surface area (Å²) < 4.78 is 20.0. The highest BCUT2D eigenvalue weighted by Gasteiger charge is 2.22. The monoisotopic (exact) mass is 456 g/mol. The molecule has 0 unspecified atom stereocenters. The van der Waals surface area contributed by atoms with E-state index in [1.165, 1.54) is 16.2 Å². The summed E-state index contributed by atoms with van der Waals surface area (Å²) in [7, 11) is 0. The fraction of sp³-hybridized carbons (Fsp3) is 0.360. The maximum Gasteiger partial charge on any atom is 0.303 e. The molecule has 0 saturated carbocycles. The van der Waals surface area contributed by atoms with Crippen LogP contribution in [0.4, 0.5) is 0 Å². The van der Waals surface area contributed by atoms with E-state index in [2.05, 4.69) is 0 Å². The second-order valence-electron chi connectivity index (χ2n) is 7.64. The zero-order chi connectivity index (χ0) is 23.8. The molecule has 0 aliphatic rings. The lowest BCUT2D eigenvalue weighted by Gasteiger charge is -2.27. The first-order valence-electron chi connectivity index (χ1n) is 11.1. The molecule has 170 valence electrons. The number of rotatable bonds is 12. The predicted octanol–water partition coefficient (Wildman–Crippen LogP) is 6.08. The molecule has 0 aliphatic carbocycles. The van der Waals surface area contributed by atoms with Crippen molar-refractivity contribution in [3.63, 3.8) is 0 Å². The van der Waals surface area contributed by atoms with E-state index in [1.54, 1.807) is 32.2 Å². The first kappa shape index (κ1) is 22.1. The van der Waals surface area contributed by atoms with Gasteiger partial charge in [0.2, 0.25) is 0 Å². The minimum absolute atomic E-state index is 0.163. The van der Waals surface area contributed by atoms with Gasteiger partial charge in [0.15, 0.2) is 0 Å². The Kier molecular flexibility index (Phi) is 7.98. The van der Waals surface area contributed by atoms with Gasteiger partial charge in [-0.15, -0.1) is 11.3 Å². The van der Waals surface area contributed by atoms with Crippen molar-refractivity contribution in [3.05, 3.63) is 65.2 Å². The first-order chi connectivity index (χ1) is 15.8. The van der Waals surface area contributed by atoms with Crippen molar-refractivity contribution in [2.75, 3.05) is 6.61 Å². The average Bonchev–Trinajstić information content (AvgIpc) is 3.45. The molecule has 0 aliphatic heterocycles. The third kappa shape index (κ3) is 6.47. The summed E-state index contributed by atoms with van der Waals surface area (Å²) in [5.74, 6) is 0.366. The number of amides is 1. The number of carbonyl (C=O) groups excluding carboxylic acids is 1. The number of hydrogen-bond acceptors (Lipinski definition) is 5. The maximum atomic E-state index is 13.4. The van der Waals surface area contributed by atoms with Crippen molar-refractivity contribution in [1.82, 2.24) is 4.90 Å². The number of nitrogens with zero attached hydrogens (tertiary/aromatic N) is 1. The standard InChI is InChI=1S/C25H29NO5S/c1-18(2)26(25(29)23-14-13-22(32-23)21-11-8-16-31-21)17-19-9-5-6-10-20(19)30-15-7-3-4-12-24(27)28/h5-6,8-11,13-14,16,18H,3-4,7,12,15,17H2,1-2H3,(H,27,28)/i18D. The summed E-state index contributed by atoms with van der Waals surface area (Å²) in [6.45, 7) is 4.08. The van der Waals surface area contributed by atoms with Gasteiger partial charge in [0.05, 0.1) is 24.0 Å². The molecule has 0 atom stereocenters. The van der Waals surface area contributed by atoms with Crippen LogP contribution in [0.1, 0.15) is 56.1 Å². The Hall–Kier alpha value is -3.06. The molecule has 1 amide bonds. The van der Waals surface area contributed by atoms with E-state index in [9.17, 15) is 9.59 Å². The second-order valence-corrected chi connectivity index (χ2v) is 8.72. The molecule has 2 aromatic heterocycles. The molecule has 0 radical (unpaired) electrons. The van der Waals surface area contributed by atoms with Crippen LogP contribution in [0.3, 0.4) is 0 Å². The van der Waals surface area contributed by atoms with E-state index < -0.39 is 12.0 Å². The molecule has 1 aromatic carbocycles. The molecule has 0 spiro atoms. The fourth-order valence-corrected chi connectivity index (χ4v) is 4.18. The smallest absolute Gasteiger partial charge is 0.303 e. The zero-order valence-electron chi connectivity index (χ0n) is 19.4. The van der Waals surface area contributed by atoms with Gasteiger partial charge in [-0.25, -0.2) is 0 Å². The van der Waals surface area contributed by atoms with Crippen LogP contribution >= 0.6 is 11.3 Å². The summed E-state index contributed by atoms with van der Waals surface area (Å²) in [5, 5.41) is 8.73. The molecule has 0 fully saturated rings. The number of carboxylic acids is 1. The molecule has 6 nitrogen and oxygen atoms in total. The molecule has 3 rings (SSSR count). The number of aliphatic carboxylic acids is 1. The van der Waals surface area contributed by atoms with E-state index in [0.717, 1.165) is 23.3 Å². The largest absolute Gasteiger partial charge is 0.493 e. The van der Waals surface area contributed by atoms with Crippen LogP contribution in [0.2, 0.25) is 0 Å². The molecule has 3 aromatic rings. The van der Waals surface area contributed by atoms with Crippen molar-refractivity contribution < 1.29 is 25.2 Å². The lowest BCUT2D eigenvalue weighted by atomic mass is 10.1. The van der Waals surface area contributed by atoms with Crippen LogP contribution in [0.5, 0.6) is 5.75 Å². The lowest BCUT2D eigenvalue weighted by molar-refractivity contribution is -0.137. The van der Waals surface area contributed by atoms with Crippen molar-refractivity contribution in [2.45, 2.75) is 52.1 Å². The third-order valence-electron chi connectivity index (χ3n) is 4.96. The van der Waals surface area contributed by atoms with Crippen LogP contribution in [0.15, 0.2) is 59.2 Å². The van der Waals surface area contributed by atoms with E-state index in [-0.39, 0.29) is 18.9 Å². The van der Waals surface area contributed by atoms with Crippen LogP contribution in [-0.2, 0) is 11.3 Å². The van der Waals surface area contributed by atoms with Crippen LogP contribution < -0.4 is 4.74 Å². The lowest BCUT2D eigenvalue weighted by Crippen LogP contribution is -2.36. The number of para-hydroxylation sites is 1.